The van der Waals surface area contributed by atoms with Crippen molar-refractivity contribution in [2.45, 2.75) is 11.8 Å². The molecule has 0 saturated carbocycles. The molecule has 2 aromatic carbocycles. The normalized spacial score (nSPS) is 11.0. The van der Waals surface area contributed by atoms with Crippen LogP contribution in [0.3, 0.4) is 0 Å². The molecule has 0 aromatic heterocycles. The predicted molar refractivity (Wildman–Crippen MR) is 80.7 cm³/mol. The van der Waals surface area contributed by atoms with E-state index in [9.17, 15) is 18.0 Å². The molecule has 0 atom stereocenters. The minimum Gasteiger partial charge on any atom is -0.478 e. The maximum Gasteiger partial charge on any atom is 0.335 e. The van der Waals surface area contributed by atoms with E-state index in [1.165, 1.54) is 55.5 Å². The topological polar surface area (TPSA) is 101 Å². The molecule has 0 radical (unpaired) electrons. The molecule has 0 aliphatic rings. The zero-order chi connectivity index (χ0) is 16.3. The lowest BCUT2D eigenvalue weighted by molar-refractivity contribution is 0.0696. The van der Waals surface area contributed by atoms with E-state index in [1.807, 2.05) is 0 Å². The summed E-state index contributed by atoms with van der Waals surface area (Å²) >= 11 is 0. The Morgan fingerprint density at radius 3 is 2.18 bits per heavy atom. The number of anilines is 1. The molecule has 2 N–H and O–H groups in total. The number of ketones is 1. The third-order valence-electron chi connectivity index (χ3n) is 2.93. The van der Waals surface area contributed by atoms with Gasteiger partial charge in [0.05, 0.1) is 10.5 Å². The maximum atomic E-state index is 12.2. The first kappa shape index (κ1) is 15.7. The van der Waals surface area contributed by atoms with E-state index in [2.05, 4.69) is 4.72 Å². The Kier molecular flexibility index (Phi) is 4.27. The van der Waals surface area contributed by atoms with Gasteiger partial charge in [-0.25, -0.2) is 13.2 Å². The molecular formula is C15H13NO5S. The summed E-state index contributed by atoms with van der Waals surface area (Å²) in [7, 11) is -3.85. The molecule has 0 saturated heterocycles. The number of carbonyl (C=O) groups is 2. The molecule has 0 aliphatic heterocycles. The van der Waals surface area contributed by atoms with Crippen molar-refractivity contribution in [2.75, 3.05) is 4.72 Å². The number of carboxylic acid groups (broad SMARTS) is 1. The average Bonchev–Trinajstić information content (AvgIpc) is 2.47. The van der Waals surface area contributed by atoms with Crippen molar-refractivity contribution >= 4 is 27.5 Å². The summed E-state index contributed by atoms with van der Waals surface area (Å²) in [4.78, 5) is 22.0. The van der Waals surface area contributed by atoms with E-state index in [4.69, 9.17) is 5.11 Å². The first-order valence-electron chi connectivity index (χ1n) is 6.27. The Morgan fingerprint density at radius 2 is 1.64 bits per heavy atom. The van der Waals surface area contributed by atoms with Crippen LogP contribution in [0, 0.1) is 0 Å². The van der Waals surface area contributed by atoms with Crippen molar-refractivity contribution in [1.29, 1.82) is 0 Å². The Balaban J connectivity index is 2.29. The van der Waals surface area contributed by atoms with E-state index in [0.29, 0.717) is 5.56 Å². The monoisotopic (exact) mass is 319 g/mol. The minimum absolute atomic E-state index is 0.0155. The second-order valence-electron chi connectivity index (χ2n) is 4.57. The lowest BCUT2D eigenvalue weighted by Crippen LogP contribution is -2.13. The van der Waals surface area contributed by atoms with Crippen LogP contribution in [-0.2, 0) is 10.0 Å². The number of benzene rings is 2. The summed E-state index contributed by atoms with van der Waals surface area (Å²) in [5, 5.41) is 8.90. The molecule has 2 aromatic rings. The molecule has 0 heterocycles. The van der Waals surface area contributed by atoms with Crippen molar-refractivity contribution in [3.8, 4) is 0 Å². The van der Waals surface area contributed by atoms with Gasteiger partial charge in [0, 0.05) is 11.3 Å². The fourth-order valence-electron chi connectivity index (χ4n) is 1.80. The van der Waals surface area contributed by atoms with Crippen LogP contribution in [0.4, 0.5) is 5.69 Å². The van der Waals surface area contributed by atoms with E-state index >= 15 is 0 Å². The van der Waals surface area contributed by atoms with Gasteiger partial charge in [-0.1, -0.05) is 18.2 Å². The fourth-order valence-corrected chi connectivity index (χ4v) is 2.85. The molecule has 2 rings (SSSR count). The number of carbonyl (C=O) groups excluding carboxylic acids is 1. The van der Waals surface area contributed by atoms with Crippen molar-refractivity contribution in [3.05, 3.63) is 59.7 Å². The third-order valence-corrected chi connectivity index (χ3v) is 4.33. The predicted octanol–water partition coefficient (Wildman–Crippen LogP) is 2.39. The fraction of sp³-hybridized carbons (Fsp3) is 0.0667. The smallest absolute Gasteiger partial charge is 0.335 e. The first-order chi connectivity index (χ1) is 10.3. The van der Waals surface area contributed by atoms with E-state index in [-0.39, 0.29) is 21.9 Å². The number of aromatic carboxylic acids is 1. The molecule has 6 nitrogen and oxygen atoms in total. The lowest BCUT2D eigenvalue weighted by atomic mass is 10.2. The molecule has 0 fully saturated rings. The second-order valence-corrected chi connectivity index (χ2v) is 6.25. The number of Topliss-reactive ketones (excluding diaryl/α,β-unsaturated/α-hetero) is 1. The quantitative estimate of drug-likeness (QED) is 0.824. The second kappa shape index (κ2) is 5.98. The number of hydrogen-bond acceptors (Lipinski definition) is 4. The van der Waals surface area contributed by atoms with Crippen LogP contribution in [0.2, 0.25) is 0 Å². The van der Waals surface area contributed by atoms with Crippen LogP contribution >= 0.6 is 0 Å². The largest absolute Gasteiger partial charge is 0.478 e. The zero-order valence-corrected chi connectivity index (χ0v) is 12.4. The van der Waals surface area contributed by atoms with Crippen LogP contribution in [0.1, 0.15) is 27.6 Å². The van der Waals surface area contributed by atoms with Gasteiger partial charge < -0.3 is 5.11 Å². The number of hydrogen-bond donors (Lipinski definition) is 2. The molecule has 0 bridgehead atoms. The first-order valence-corrected chi connectivity index (χ1v) is 7.75. The number of carboxylic acids is 1. The molecule has 22 heavy (non-hydrogen) atoms. The molecular weight excluding hydrogens is 306 g/mol. The highest BCUT2D eigenvalue weighted by atomic mass is 32.2. The van der Waals surface area contributed by atoms with E-state index in [0.717, 1.165) is 0 Å². The summed E-state index contributed by atoms with van der Waals surface area (Å²) in [6.45, 7) is 1.39. The van der Waals surface area contributed by atoms with Gasteiger partial charge in [-0.3, -0.25) is 9.52 Å². The van der Waals surface area contributed by atoms with Gasteiger partial charge in [0.25, 0.3) is 10.0 Å². The number of rotatable bonds is 5. The van der Waals surface area contributed by atoms with Crippen LogP contribution in [0.25, 0.3) is 0 Å². The zero-order valence-electron chi connectivity index (χ0n) is 11.6. The summed E-state index contributed by atoms with van der Waals surface area (Å²) in [5.41, 5.74) is 0.537. The Morgan fingerprint density at radius 1 is 1.00 bits per heavy atom. The van der Waals surface area contributed by atoms with Gasteiger partial charge >= 0.3 is 5.97 Å². The van der Waals surface area contributed by atoms with Crippen LogP contribution in [-0.4, -0.2) is 25.3 Å². The Labute approximate surface area is 127 Å². The maximum absolute atomic E-state index is 12.2. The highest BCUT2D eigenvalue weighted by molar-refractivity contribution is 7.92. The molecule has 0 spiro atoms. The van der Waals surface area contributed by atoms with Crippen molar-refractivity contribution < 1.29 is 23.1 Å². The summed E-state index contributed by atoms with van der Waals surface area (Å²) in [6, 6.07) is 11.0. The average molecular weight is 319 g/mol. The Hall–Kier alpha value is -2.67. The SMILES string of the molecule is CC(=O)c1ccc(S(=O)(=O)Nc2cccc(C(=O)O)c2)cc1. The molecule has 7 heteroatoms. The van der Waals surface area contributed by atoms with Gasteiger partial charge in [-0.05, 0) is 37.3 Å². The molecule has 0 amide bonds. The minimum atomic E-state index is -3.85. The van der Waals surface area contributed by atoms with Gasteiger partial charge in [-0.15, -0.1) is 0 Å². The van der Waals surface area contributed by atoms with Crippen molar-refractivity contribution in [3.63, 3.8) is 0 Å². The summed E-state index contributed by atoms with van der Waals surface area (Å²) < 4.78 is 26.7. The van der Waals surface area contributed by atoms with Crippen LogP contribution in [0.15, 0.2) is 53.4 Å². The van der Waals surface area contributed by atoms with Crippen molar-refractivity contribution in [1.82, 2.24) is 0 Å². The van der Waals surface area contributed by atoms with Gasteiger partial charge in [0.2, 0.25) is 0 Å². The highest BCUT2D eigenvalue weighted by Gasteiger charge is 2.15. The van der Waals surface area contributed by atoms with Gasteiger partial charge in [-0.2, -0.15) is 0 Å². The lowest BCUT2D eigenvalue weighted by Gasteiger charge is -2.09. The van der Waals surface area contributed by atoms with E-state index in [1.54, 1.807) is 0 Å². The third kappa shape index (κ3) is 3.50. The van der Waals surface area contributed by atoms with Gasteiger partial charge in [0.1, 0.15) is 0 Å². The van der Waals surface area contributed by atoms with Crippen LogP contribution in [0.5, 0.6) is 0 Å². The molecule has 114 valence electrons. The summed E-state index contributed by atoms with van der Waals surface area (Å²) in [5.74, 6) is -1.31. The standard InChI is InChI=1S/C15H13NO5S/c1-10(17)11-5-7-14(8-6-11)22(20,21)16-13-4-2-3-12(9-13)15(18)19/h2-9,16H,1H3,(H,18,19). The van der Waals surface area contributed by atoms with Gasteiger partial charge in [0.15, 0.2) is 5.78 Å². The number of sulfonamides is 1. The number of nitrogens with one attached hydrogen (secondary N) is 1. The van der Waals surface area contributed by atoms with Crippen molar-refractivity contribution in [2.24, 2.45) is 0 Å². The highest BCUT2D eigenvalue weighted by Crippen LogP contribution is 2.18. The molecule has 0 unspecified atom stereocenters. The Bertz CT molecular complexity index is 825. The molecule has 0 aliphatic carbocycles. The van der Waals surface area contributed by atoms with Crippen LogP contribution < -0.4 is 4.72 Å². The summed E-state index contributed by atoms with van der Waals surface area (Å²) in [6.07, 6.45) is 0. The van der Waals surface area contributed by atoms with E-state index < -0.39 is 16.0 Å².